The zero-order valence-electron chi connectivity index (χ0n) is 16.2. The van der Waals surface area contributed by atoms with E-state index in [9.17, 15) is 24.6 Å². The van der Waals surface area contributed by atoms with E-state index in [1.807, 2.05) is 0 Å². The fraction of sp³-hybridized carbons (Fsp3) is 0.650. The van der Waals surface area contributed by atoms with Crippen molar-refractivity contribution in [3.63, 3.8) is 0 Å². The molecule has 0 saturated carbocycles. The Balaban J connectivity index is 2.11. The van der Waals surface area contributed by atoms with Crippen molar-refractivity contribution in [1.29, 1.82) is 0 Å². The summed E-state index contributed by atoms with van der Waals surface area (Å²) in [6.07, 6.45) is -0.380. The minimum atomic E-state index is -1.61. The summed E-state index contributed by atoms with van der Waals surface area (Å²) in [5.74, 6) is -2.61. The van der Waals surface area contributed by atoms with Crippen molar-refractivity contribution in [2.45, 2.75) is 70.9 Å². The second kappa shape index (κ2) is 6.27. The van der Waals surface area contributed by atoms with Crippen LogP contribution in [0.1, 0.15) is 47.5 Å². The van der Waals surface area contributed by atoms with Crippen molar-refractivity contribution in [3.05, 3.63) is 22.8 Å². The number of aliphatic hydroxyl groups is 2. The monoisotopic (exact) mass is 378 g/mol. The number of fused-ring (bicyclic) bond motifs is 2. The molecule has 2 N–H and O–H groups in total. The molecule has 6 atom stereocenters. The van der Waals surface area contributed by atoms with Crippen molar-refractivity contribution in [3.8, 4) is 0 Å². The molecule has 0 aromatic rings. The van der Waals surface area contributed by atoms with E-state index in [4.69, 9.17) is 9.47 Å². The van der Waals surface area contributed by atoms with Crippen molar-refractivity contribution in [2.75, 3.05) is 0 Å². The highest BCUT2D eigenvalue weighted by atomic mass is 16.6. The standard InChI is InChI=1S/C20H26O7/c1-6-9(2)17(22)26-12-8-20(5,25)14-11(21)7-19(4,24)15(14)16-13(12)10(3)18(23)27-16/h6,10,12-13,16,24-25H,7-8H2,1-5H3/b9-6-/t10-,12-,13+,16-,19+,20-/m0/s1. The first-order valence-corrected chi connectivity index (χ1v) is 9.18. The topological polar surface area (TPSA) is 110 Å². The summed E-state index contributed by atoms with van der Waals surface area (Å²) < 4.78 is 11.2. The summed E-state index contributed by atoms with van der Waals surface area (Å²) in [5.41, 5.74) is -2.43. The van der Waals surface area contributed by atoms with E-state index >= 15 is 0 Å². The molecule has 0 spiro atoms. The Hall–Kier alpha value is -1.99. The van der Waals surface area contributed by atoms with Gasteiger partial charge in [0.2, 0.25) is 0 Å². The Morgan fingerprint density at radius 1 is 1.26 bits per heavy atom. The van der Waals surface area contributed by atoms with E-state index < -0.39 is 47.2 Å². The average molecular weight is 378 g/mol. The largest absolute Gasteiger partial charge is 0.458 e. The Morgan fingerprint density at radius 2 is 1.89 bits per heavy atom. The fourth-order valence-corrected chi connectivity index (χ4v) is 4.55. The molecule has 3 rings (SSSR count). The molecule has 0 amide bonds. The summed E-state index contributed by atoms with van der Waals surface area (Å²) in [4.78, 5) is 37.2. The number of carbonyl (C=O) groups is 3. The van der Waals surface area contributed by atoms with Gasteiger partial charge in [0.25, 0.3) is 0 Å². The van der Waals surface area contributed by atoms with Gasteiger partial charge in [-0.3, -0.25) is 9.59 Å². The molecule has 2 aliphatic carbocycles. The summed E-state index contributed by atoms with van der Waals surface area (Å²) in [6, 6.07) is 0. The number of hydrogen-bond acceptors (Lipinski definition) is 7. The van der Waals surface area contributed by atoms with Crippen LogP contribution in [0.25, 0.3) is 0 Å². The van der Waals surface area contributed by atoms with Crippen LogP contribution in [0.5, 0.6) is 0 Å². The third-order valence-corrected chi connectivity index (χ3v) is 6.04. The highest BCUT2D eigenvalue weighted by molar-refractivity contribution is 6.03. The SMILES string of the molecule is C/C=C(/C)C(=O)O[C@H]1C[C@](C)(O)C2=C([C@H]3OC(=O)[C@@H](C)[C@H]13)[C@](C)(O)CC2=O. The van der Waals surface area contributed by atoms with Crippen LogP contribution in [0.4, 0.5) is 0 Å². The Kier molecular flexibility index (Phi) is 4.59. The molecule has 0 unspecified atom stereocenters. The molecular formula is C20H26O7. The Labute approximate surface area is 158 Å². The fourth-order valence-electron chi connectivity index (χ4n) is 4.55. The van der Waals surface area contributed by atoms with Crippen molar-refractivity contribution in [2.24, 2.45) is 11.8 Å². The van der Waals surface area contributed by atoms with Crippen LogP contribution in [-0.2, 0) is 23.9 Å². The number of ketones is 1. The molecule has 0 aromatic carbocycles. The minimum absolute atomic E-state index is 0.0570. The third kappa shape index (κ3) is 3.02. The van der Waals surface area contributed by atoms with Gasteiger partial charge in [0.15, 0.2) is 5.78 Å². The molecule has 1 aliphatic heterocycles. The molecule has 0 radical (unpaired) electrons. The molecule has 1 saturated heterocycles. The van der Waals surface area contributed by atoms with Gasteiger partial charge < -0.3 is 19.7 Å². The maximum atomic E-state index is 12.6. The summed E-state index contributed by atoms with van der Waals surface area (Å²) in [5, 5.41) is 21.9. The van der Waals surface area contributed by atoms with Gasteiger partial charge in [0.1, 0.15) is 12.2 Å². The van der Waals surface area contributed by atoms with Crippen LogP contribution in [0.15, 0.2) is 22.8 Å². The summed E-state index contributed by atoms with van der Waals surface area (Å²) >= 11 is 0. The van der Waals surface area contributed by atoms with Gasteiger partial charge in [0.05, 0.1) is 23.0 Å². The molecule has 0 bridgehead atoms. The molecule has 1 heterocycles. The van der Waals surface area contributed by atoms with E-state index in [0.29, 0.717) is 5.57 Å². The van der Waals surface area contributed by atoms with Crippen LogP contribution in [0, 0.1) is 11.8 Å². The third-order valence-electron chi connectivity index (χ3n) is 6.04. The highest BCUT2D eigenvalue weighted by Gasteiger charge is 2.61. The normalized spacial score (nSPS) is 41.8. The molecule has 1 fully saturated rings. The molecular weight excluding hydrogens is 352 g/mol. The zero-order chi connectivity index (χ0) is 20.3. The predicted molar refractivity (Wildman–Crippen MR) is 94.4 cm³/mol. The van der Waals surface area contributed by atoms with E-state index in [1.165, 1.54) is 13.8 Å². The van der Waals surface area contributed by atoms with Gasteiger partial charge in [-0.15, -0.1) is 0 Å². The van der Waals surface area contributed by atoms with Crippen molar-refractivity contribution < 1.29 is 34.1 Å². The lowest BCUT2D eigenvalue weighted by Crippen LogP contribution is -2.42. The molecule has 148 valence electrons. The van der Waals surface area contributed by atoms with Gasteiger partial charge in [-0.1, -0.05) is 13.0 Å². The molecule has 0 aromatic heterocycles. The number of carbonyl (C=O) groups excluding carboxylic acids is 3. The van der Waals surface area contributed by atoms with Crippen LogP contribution >= 0.6 is 0 Å². The van der Waals surface area contributed by atoms with Crippen LogP contribution in [-0.4, -0.2) is 51.3 Å². The van der Waals surface area contributed by atoms with E-state index in [2.05, 4.69) is 0 Å². The number of allylic oxidation sites excluding steroid dienone is 1. The Bertz CT molecular complexity index is 771. The first-order chi connectivity index (χ1) is 12.4. The average Bonchev–Trinajstić information content (AvgIpc) is 2.93. The molecule has 7 heteroatoms. The quantitative estimate of drug-likeness (QED) is 0.549. The number of esters is 2. The van der Waals surface area contributed by atoms with Crippen LogP contribution in [0.2, 0.25) is 0 Å². The first-order valence-electron chi connectivity index (χ1n) is 9.18. The Morgan fingerprint density at radius 3 is 2.48 bits per heavy atom. The number of hydrogen-bond donors (Lipinski definition) is 2. The first kappa shape index (κ1) is 19.8. The summed E-state index contributed by atoms with van der Waals surface area (Å²) in [6.45, 7) is 7.94. The van der Waals surface area contributed by atoms with Gasteiger partial charge in [0, 0.05) is 29.6 Å². The summed E-state index contributed by atoms with van der Waals surface area (Å²) in [7, 11) is 0. The smallest absolute Gasteiger partial charge is 0.333 e. The molecule has 3 aliphatic rings. The van der Waals surface area contributed by atoms with Gasteiger partial charge >= 0.3 is 11.9 Å². The second-order valence-corrected chi connectivity index (χ2v) is 8.28. The van der Waals surface area contributed by atoms with Gasteiger partial charge in [-0.05, 0) is 27.7 Å². The zero-order valence-corrected chi connectivity index (χ0v) is 16.2. The van der Waals surface area contributed by atoms with Gasteiger partial charge in [-0.25, -0.2) is 4.79 Å². The van der Waals surface area contributed by atoms with Gasteiger partial charge in [-0.2, -0.15) is 0 Å². The minimum Gasteiger partial charge on any atom is -0.458 e. The predicted octanol–water partition coefficient (Wildman–Crippen LogP) is 1.22. The van der Waals surface area contributed by atoms with Crippen molar-refractivity contribution in [1.82, 2.24) is 0 Å². The lowest BCUT2D eigenvalue weighted by molar-refractivity contribution is -0.151. The highest BCUT2D eigenvalue weighted by Crippen LogP contribution is 2.51. The second-order valence-electron chi connectivity index (χ2n) is 8.28. The van der Waals surface area contributed by atoms with E-state index in [0.717, 1.165) is 0 Å². The van der Waals surface area contributed by atoms with E-state index in [1.54, 1.807) is 26.8 Å². The van der Waals surface area contributed by atoms with E-state index in [-0.39, 0.29) is 29.8 Å². The number of rotatable bonds is 2. The maximum absolute atomic E-state index is 12.6. The van der Waals surface area contributed by atoms with Crippen molar-refractivity contribution >= 4 is 17.7 Å². The molecule has 27 heavy (non-hydrogen) atoms. The molecule has 7 nitrogen and oxygen atoms in total. The lowest BCUT2D eigenvalue weighted by Gasteiger charge is -2.32. The van der Waals surface area contributed by atoms with Crippen LogP contribution < -0.4 is 0 Å². The lowest BCUT2D eigenvalue weighted by atomic mass is 9.80. The maximum Gasteiger partial charge on any atom is 0.333 e. The number of ether oxygens (including phenoxy) is 2. The number of Topliss-reactive ketones (excluding diaryl/α,β-unsaturated/α-hetero) is 1. The van der Waals surface area contributed by atoms with Crippen LogP contribution in [0.3, 0.4) is 0 Å².